The minimum absolute atomic E-state index is 0.496. The second-order valence-corrected chi connectivity index (χ2v) is 3.01. The fourth-order valence-electron chi connectivity index (χ4n) is 0.993. The highest BCUT2D eigenvalue weighted by atomic mass is 16.3. The monoisotopic (exact) mass is 189 g/mol. The molecule has 4 N–H and O–H groups in total. The lowest BCUT2D eigenvalue weighted by atomic mass is 10.1. The number of nitrogens with one attached hydrogen (secondary N) is 2. The number of hydrogen-bond donors (Lipinski definition) is 4. The fraction of sp³-hybridized carbons (Fsp3) is 0.667. The molecule has 7 heteroatoms. The van der Waals surface area contributed by atoms with Crippen LogP contribution in [0.5, 0.6) is 0 Å². The number of nitrogens with zero attached hydrogens (tertiary/aromatic N) is 1. The van der Waals surface area contributed by atoms with E-state index in [2.05, 4.69) is 10.2 Å². The summed E-state index contributed by atoms with van der Waals surface area (Å²) in [5.41, 5.74) is -2.64. The Kier molecular flexibility index (Phi) is 2.39. The maximum atomic E-state index is 11.1. The summed E-state index contributed by atoms with van der Waals surface area (Å²) in [4.78, 5) is 22.1. The smallest absolute Gasteiger partial charge is 0.345 e. The number of aliphatic hydroxyl groups excluding tert-OH is 2. The SMILES string of the molecule is CC(CO)(CO)n1c(=O)[nH][nH]c1=O. The molecular weight excluding hydrogens is 178 g/mol. The summed E-state index contributed by atoms with van der Waals surface area (Å²) < 4.78 is 0.743. The molecule has 0 radical (unpaired) electrons. The van der Waals surface area contributed by atoms with Crippen molar-refractivity contribution in [1.82, 2.24) is 14.8 Å². The van der Waals surface area contributed by atoms with Gasteiger partial charge in [0.2, 0.25) is 0 Å². The fourth-order valence-corrected chi connectivity index (χ4v) is 0.993. The molecule has 0 bridgehead atoms. The van der Waals surface area contributed by atoms with E-state index in [9.17, 15) is 9.59 Å². The largest absolute Gasteiger partial charge is 0.394 e. The Labute approximate surface area is 72.6 Å². The van der Waals surface area contributed by atoms with Crippen LogP contribution in [-0.2, 0) is 5.54 Å². The van der Waals surface area contributed by atoms with E-state index >= 15 is 0 Å². The second-order valence-electron chi connectivity index (χ2n) is 3.01. The van der Waals surface area contributed by atoms with Gasteiger partial charge in [0, 0.05) is 0 Å². The maximum absolute atomic E-state index is 11.1. The van der Waals surface area contributed by atoms with Crippen LogP contribution >= 0.6 is 0 Å². The number of aliphatic hydroxyl groups is 2. The summed E-state index contributed by atoms with van der Waals surface area (Å²) in [6.45, 7) is 0.409. The average Bonchev–Trinajstić information content (AvgIpc) is 2.46. The molecule has 0 saturated heterocycles. The van der Waals surface area contributed by atoms with Crippen molar-refractivity contribution in [1.29, 1.82) is 0 Å². The molecule has 0 spiro atoms. The van der Waals surface area contributed by atoms with Crippen LogP contribution in [0.2, 0.25) is 0 Å². The Bertz CT molecular complexity index is 356. The predicted molar refractivity (Wildman–Crippen MR) is 43.5 cm³/mol. The van der Waals surface area contributed by atoms with Gasteiger partial charge in [0.05, 0.1) is 18.8 Å². The molecule has 0 saturated carbocycles. The first-order chi connectivity index (χ1) is 6.05. The highest BCUT2D eigenvalue weighted by molar-refractivity contribution is 4.84. The summed E-state index contributed by atoms with van der Waals surface area (Å²) in [5.74, 6) is 0. The van der Waals surface area contributed by atoms with Gasteiger partial charge in [0.25, 0.3) is 0 Å². The molecule has 1 rings (SSSR count). The first kappa shape index (κ1) is 9.75. The Morgan fingerprint density at radius 3 is 1.92 bits per heavy atom. The molecule has 0 atom stereocenters. The van der Waals surface area contributed by atoms with Gasteiger partial charge in [0.15, 0.2) is 0 Å². The molecule has 13 heavy (non-hydrogen) atoms. The third kappa shape index (κ3) is 1.43. The van der Waals surface area contributed by atoms with Gasteiger partial charge in [-0.2, -0.15) is 0 Å². The number of rotatable bonds is 3. The van der Waals surface area contributed by atoms with E-state index in [0.717, 1.165) is 4.57 Å². The zero-order chi connectivity index (χ0) is 10.1. The Hall–Kier alpha value is -1.34. The number of aromatic nitrogens is 3. The van der Waals surface area contributed by atoms with Crippen LogP contribution < -0.4 is 11.4 Å². The third-order valence-electron chi connectivity index (χ3n) is 1.90. The van der Waals surface area contributed by atoms with E-state index in [4.69, 9.17) is 10.2 Å². The topological polar surface area (TPSA) is 111 Å². The third-order valence-corrected chi connectivity index (χ3v) is 1.90. The van der Waals surface area contributed by atoms with Gasteiger partial charge >= 0.3 is 11.4 Å². The van der Waals surface area contributed by atoms with Crippen molar-refractivity contribution in [3.63, 3.8) is 0 Å². The molecule has 0 aliphatic carbocycles. The van der Waals surface area contributed by atoms with Gasteiger partial charge < -0.3 is 10.2 Å². The van der Waals surface area contributed by atoms with Gasteiger partial charge in [-0.15, -0.1) is 0 Å². The lowest BCUT2D eigenvalue weighted by molar-refractivity contribution is 0.0727. The van der Waals surface area contributed by atoms with Gasteiger partial charge in [-0.25, -0.2) is 24.4 Å². The molecule has 0 fully saturated rings. The van der Waals surface area contributed by atoms with E-state index in [1.165, 1.54) is 6.92 Å². The van der Waals surface area contributed by atoms with Crippen LogP contribution in [0.1, 0.15) is 6.92 Å². The van der Waals surface area contributed by atoms with Gasteiger partial charge in [-0.3, -0.25) is 0 Å². The van der Waals surface area contributed by atoms with Crippen LogP contribution in [0.3, 0.4) is 0 Å². The quantitative estimate of drug-likeness (QED) is 0.423. The van der Waals surface area contributed by atoms with Crippen molar-refractivity contribution in [2.24, 2.45) is 0 Å². The molecule has 7 nitrogen and oxygen atoms in total. The molecular formula is C6H11N3O4. The summed E-state index contributed by atoms with van der Waals surface area (Å²) in [6.07, 6.45) is 0. The van der Waals surface area contributed by atoms with E-state index in [-0.39, 0.29) is 0 Å². The first-order valence-electron chi connectivity index (χ1n) is 3.67. The molecule has 74 valence electrons. The predicted octanol–water partition coefficient (Wildman–Crippen LogP) is -2.44. The first-order valence-corrected chi connectivity index (χ1v) is 3.67. The van der Waals surface area contributed by atoms with Crippen LogP contribution in [-0.4, -0.2) is 38.2 Å². The van der Waals surface area contributed by atoms with Crippen molar-refractivity contribution < 1.29 is 10.2 Å². The normalized spacial score (nSPS) is 11.9. The number of hydrogen-bond acceptors (Lipinski definition) is 4. The molecule has 1 aromatic heterocycles. The Morgan fingerprint density at radius 2 is 1.62 bits per heavy atom. The highest BCUT2D eigenvalue weighted by Crippen LogP contribution is 2.07. The zero-order valence-electron chi connectivity index (χ0n) is 7.07. The van der Waals surface area contributed by atoms with E-state index in [1.807, 2.05) is 0 Å². The second kappa shape index (κ2) is 3.19. The van der Waals surface area contributed by atoms with Crippen LogP contribution in [0.15, 0.2) is 9.59 Å². The molecule has 0 amide bonds. The van der Waals surface area contributed by atoms with Crippen molar-refractivity contribution >= 4 is 0 Å². The average molecular weight is 189 g/mol. The lowest BCUT2D eigenvalue weighted by Crippen LogP contribution is -2.48. The maximum Gasteiger partial charge on any atom is 0.345 e. The van der Waals surface area contributed by atoms with Crippen molar-refractivity contribution in [3.8, 4) is 0 Å². The van der Waals surface area contributed by atoms with E-state index < -0.39 is 30.1 Å². The molecule has 0 aliphatic rings. The van der Waals surface area contributed by atoms with E-state index in [0.29, 0.717) is 0 Å². The summed E-state index contributed by atoms with van der Waals surface area (Å²) in [7, 11) is 0. The molecule has 1 aromatic rings. The zero-order valence-corrected chi connectivity index (χ0v) is 7.07. The minimum atomic E-state index is -1.27. The van der Waals surface area contributed by atoms with Crippen LogP contribution in [0.4, 0.5) is 0 Å². The molecule has 0 aromatic carbocycles. The molecule has 0 unspecified atom stereocenters. The van der Waals surface area contributed by atoms with Crippen LogP contribution in [0.25, 0.3) is 0 Å². The molecule has 1 heterocycles. The number of H-pyrrole nitrogens is 2. The molecule has 0 aliphatic heterocycles. The Balaban J connectivity index is 3.35. The number of aromatic amines is 2. The van der Waals surface area contributed by atoms with Gasteiger partial charge in [0.1, 0.15) is 0 Å². The highest BCUT2D eigenvalue weighted by Gasteiger charge is 2.28. The summed E-state index contributed by atoms with van der Waals surface area (Å²) in [6, 6.07) is 0. The van der Waals surface area contributed by atoms with E-state index in [1.54, 1.807) is 0 Å². The lowest BCUT2D eigenvalue weighted by Gasteiger charge is -2.23. The summed E-state index contributed by atoms with van der Waals surface area (Å²) in [5, 5.41) is 22.0. The van der Waals surface area contributed by atoms with Gasteiger partial charge in [-0.1, -0.05) is 0 Å². The summed E-state index contributed by atoms with van der Waals surface area (Å²) >= 11 is 0. The Morgan fingerprint density at radius 1 is 1.23 bits per heavy atom. The standard InChI is InChI=1S/C6H11N3O4/c1-6(2-10,3-11)9-4(12)7-8-5(9)13/h10-11H,2-3H2,1H3,(H,7,12)(H,8,13). The van der Waals surface area contributed by atoms with Crippen molar-refractivity contribution in [3.05, 3.63) is 21.0 Å². The van der Waals surface area contributed by atoms with Crippen molar-refractivity contribution in [2.75, 3.05) is 13.2 Å². The van der Waals surface area contributed by atoms with Crippen LogP contribution in [0, 0.1) is 0 Å². The van der Waals surface area contributed by atoms with Gasteiger partial charge in [-0.05, 0) is 6.92 Å². The van der Waals surface area contributed by atoms with Crippen molar-refractivity contribution in [2.45, 2.75) is 12.5 Å². The minimum Gasteiger partial charge on any atom is -0.394 e.